The Hall–Kier alpha value is -1.66. The summed E-state index contributed by atoms with van der Waals surface area (Å²) in [6.45, 7) is 5.30. The summed E-state index contributed by atoms with van der Waals surface area (Å²) < 4.78 is 21.6. The van der Waals surface area contributed by atoms with Gasteiger partial charge in [-0.25, -0.2) is 0 Å². The van der Waals surface area contributed by atoms with Gasteiger partial charge in [0, 0.05) is 6.61 Å². The summed E-state index contributed by atoms with van der Waals surface area (Å²) in [5.74, 6) is 0.763. The average molecular weight is 376 g/mol. The van der Waals surface area contributed by atoms with Gasteiger partial charge in [0.05, 0.1) is 26.4 Å². The van der Waals surface area contributed by atoms with Crippen molar-refractivity contribution in [2.24, 2.45) is 0 Å². The van der Waals surface area contributed by atoms with Crippen LogP contribution in [0.5, 0.6) is 5.75 Å². The molecule has 0 aliphatic carbocycles. The molecule has 1 saturated heterocycles. The van der Waals surface area contributed by atoms with Gasteiger partial charge in [-0.05, 0) is 43.9 Å². The zero-order valence-corrected chi connectivity index (χ0v) is 16.2. The monoisotopic (exact) mass is 376 g/mol. The van der Waals surface area contributed by atoms with Gasteiger partial charge in [-0.3, -0.25) is 0 Å². The minimum absolute atomic E-state index is 0.222. The van der Waals surface area contributed by atoms with E-state index in [2.05, 4.69) is 12.1 Å². The third-order valence-electron chi connectivity index (χ3n) is 4.04. The fraction of sp³-hybridized carbons (Fsp3) is 0.545. The van der Waals surface area contributed by atoms with Gasteiger partial charge in [-0.1, -0.05) is 36.4 Å². The Labute approximate surface area is 162 Å². The van der Waals surface area contributed by atoms with Gasteiger partial charge in [-0.2, -0.15) is 0 Å². The van der Waals surface area contributed by atoms with Gasteiger partial charge in [0.2, 0.25) is 0 Å². The van der Waals surface area contributed by atoms with Crippen LogP contribution in [0.15, 0.2) is 48.6 Å². The molecule has 2 rings (SSSR count). The van der Waals surface area contributed by atoms with E-state index in [-0.39, 0.29) is 13.2 Å². The van der Waals surface area contributed by atoms with Crippen LogP contribution >= 0.6 is 0 Å². The Morgan fingerprint density at radius 3 is 2.70 bits per heavy atom. The van der Waals surface area contributed by atoms with Gasteiger partial charge in [0.25, 0.3) is 0 Å². The zero-order chi connectivity index (χ0) is 19.2. The van der Waals surface area contributed by atoms with E-state index in [1.54, 1.807) is 0 Å². The van der Waals surface area contributed by atoms with Crippen molar-refractivity contribution >= 4 is 0 Å². The Morgan fingerprint density at radius 2 is 1.96 bits per heavy atom. The molecule has 0 amide bonds. The second-order valence-electron chi connectivity index (χ2n) is 6.59. The second-order valence-corrected chi connectivity index (χ2v) is 6.59. The highest BCUT2D eigenvalue weighted by Gasteiger charge is 2.21. The molecule has 1 heterocycles. The first-order chi connectivity index (χ1) is 13.3. The van der Waals surface area contributed by atoms with E-state index < -0.39 is 6.10 Å². The van der Waals surface area contributed by atoms with Crippen molar-refractivity contribution in [1.82, 2.24) is 0 Å². The first kappa shape index (κ1) is 21.6. The van der Waals surface area contributed by atoms with E-state index in [0.717, 1.165) is 44.8 Å². The maximum absolute atomic E-state index is 9.89. The fourth-order valence-electron chi connectivity index (χ4n) is 2.42. The minimum Gasteiger partial charge on any atom is -0.491 e. The minimum atomic E-state index is -0.638. The molecule has 5 heteroatoms. The first-order valence-electron chi connectivity index (χ1n) is 9.72. The van der Waals surface area contributed by atoms with E-state index in [1.807, 2.05) is 43.4 Å². The lowest BCUT2D eigenvalue weighted by Gasteiger charge is -2.12. The number of rotatable bonds is 15. The lowest BCUT2D eigenvalue weighted by atomic mass is 10.1. The van der Waals surface area contributed by atoms with Crippen molar-refractivity contribution < 1.29 is 24.1 Å². The van der Waals surface area contributed by atoms with Crippen LogP contribution in [0.4, 0.5) is 0 Å². The molecule has 2 unspecified atom stereocenters. The Morgan fingerprint density at radius 1 is 1.15 bits per heavy atom. The number of hydrogen-bond acceptors (Lipinski definition) is 5. The van der Waals surface area contributed by atoms with Gasteiger partial charge >= 0.3 is 0 Å². The summed E-state index contributed by atoms with van der Waals surface area (Å²) in [5, 5.41) is 9.89. The van der Waals surface area contributed by atoms with Crippen molar-refractivity contribution in [3.8, 4) is 5.75 Å². The van der Waals surface area contributed by atoms with Crippen LogP contribution < -0.4 is 4.74 Å². The van der Waals surface area contributed by atoms with Crippen molar-refractivity contribution in [1.29, 1.82) is 0 Å². The normalized spacial score (nSPS) is 17.6. The lowest BCUT2D eigenvalue weighted by Crippen LogP contribution is -2.23. The number of hydrogen-bond donors (Lipinski definition) is 1. The Kier molecular flexibility index (Phi) is 10.8. The van der Waals surface area contributed by atoms with Crippen LogP contribution in [0, 0.1) is 0 Å². The molecule has 2 atom stereocenters. The molecule has 1 aromatic rings. The standard InChI is InChI=1S/C22H32O5/c1-2-3-4-6-13-24-15-20(23)16-26-21-11-9-19(10-12-21)8-5-7-14-25-17-22-18-27-22/h2-4,6,9-12,20,22-23H,5,7-8,13-18H2,1H3. The second kappa shape index (κ2) is 13.5. The quantitative estimate of drug-likeness (QED) is 0.289. The molecule has 5 nitrogen and oxygen atoms in total. The number of aliphatic hydroxyl groups is 1. The number of ether oxygens (including phenoxy) is 4. The molecular formula is C22H32O5. The summed E-state index contributed by atoms with van der Waals surface area (Å²) >= 11 is 0. The Bertz CT molecular complexity index is 548. The highest BCUT2D eigenvalue weighted by Crippen LogP contribution is 2.14. The zero-order valence-electron chi connectivity index (χ0n) is 16.2. The van der Waals surface area contributed by atoms with Crippen molar-refractivity contribution in [3.63, 3.8) is 0 Å². The maximum atomic E-state index is 9.89. The average Bonchev–Trinajstić information content (AvgIpc) is 3.51. The van der Waals surface area contributed by atoms with Crippen molar-refractivity contribution in [2.45, 2.75) is 38.4 Å². The van der Waals surface area contributed by atoms with Crippen molar-refractivity contribution in [2.75, 3.05) is 39.6 Å². The van der Waals surface area contributed by atoms with E-state index in [0.29, 0.717) is 12.7 Å². The molecule has 0 saturated carbocycles. The van der Waals surface area contributed by atoms with E-state index in [9.17, 15) is 5.11 Å². The molecule has 1 aromatic carbocycles. The third-order valence-corrected chi connectivity index (χ3v) is 4.04. The number of epoxide rings is 1. The topological polar surface area (TPSA) is 60.5 Å². The van der Waals surface area contributed by atoms with E-state index >= 15 is 0 Å². The number of allylic oxidation sites excluding steroid dienone is 3. The summed E-state index contributed by atoms with van der Waals surface area (Å²) in [7, 11) is 0. The molecule has 27 heavy (non-hydrogen) atoms. The molecule has 1 fully saturated rings. The predicted molar refractivity (Wildman–Crippen MR) is 106 cm³/mol. The van der Waals surface area contributed by atoms with Crippen LogP contribution in [0.25, 0.3) is 0 Å². The van der Waals surface area contributed by atoms with Crippen LogP contribution in [-0.2, 0) is 20.6 Å². The smallest absolute Gasteiger partial charge is 0.119 e. The largest absolute Gasteiger partial charge is 0.491 e. The van der Waals surface area contributed by atoms with Gasteiger partial charge in [0.1, 0.15) is 24.6 Å². The number of aliphatic hydroxyl groups excluding tert-OH is 1. The van der Waals surface area contributed by atoms with Crippen LogP contribution in [0.1, 0.15) is 25.3 Å². The maximum Gasteiger partial charge on any atom is 0.119 e. The Balaban J connectivity index is 1.51. The van der Waals surface area contributed by atoms with Crippen molar-refractivity contribution in [3.05, 3.63) is 54.1 Å². The highest BCUT2D eigenvalue weighted by atomic mass is 16.6. The summed E-state index contributed by atoms with van der Waals surface area (Å²) in [6.07, 6.45) is 10.6. The molecule has 0 spiro atoms. The SMILES string of the molecule is CC=CC=CCOCC(O)COc1ccc(CCCCOCC2CO2)cc1. The summed E-state index contributed by atoms with van der Waals surface area (Å²) in [4.78, 5) is 0. The predicted octanol–water partition coefficient (Wildman–Crippen LogP) is 3.31. The highest BCUT2D eigenvalue weighted by molar-refractivity contribution is 5.27. The molecule has 1 aliphatic heterocycles. The lowest BCUT2D eigenvalue weighted by molar-refractivity contribution is 0.0213. The number of unbranched alkanes of at least 4 members (excludes halogenated alkanes) is 1. The van der Waals surface area contributed by atoms with E-state index in [1.165, 1.54) is 5.56 Å². The van der Waals surface area contributed by atoms with Gasteiger partial charge < -0.3 is 24.1 Å². The molecule has 0 aromatic heterocycles. The molecule has 0 bridgehead atoms. The van der Waals surface area contributed by atoms with Gasteiger partial charge in [0.15, 0.2) is 0 Å². The fourth-order valence-corrected chi connectivity index (χ4v) is 2.42. The van der Waals surface area contributed by atoms with Crippen LogP contribution in [0.3, 0.4) is 0 Å². The molecule has 150 valence electrons. The summed E-state index contributed by atoms with van der Waals surface area (Å²) in [5.41, 5.74) is 1.28. The van der Waals surface area contributed by atoms with Crippen LogP contribution in [0.2, 0.25) is 0 Å². The number of benzene rings is 1. The molecule has 1 N–H and O–H groups in total. The molecular weight excluding hydrogens is 344 g/mol. The van der Waals surface area contributed by atoms with Crippen LogP contribution in [-0.4, -0.2) is 57.0 Å². The molecule has 0 radical (unpaired) electrons. The first-order valence-corrected chi connectivity index (χ1v) is 9.72. The summed E-state index contributed by atoms with van der Waals surface area (Å²) in [6, 6.07) is 8.04. The van der Waals surface area contributed by atoms with E-state index in [4.69, 9.17) is 18.9 Å². The molecule has 1 aliphatic rings. The van der Waals surface area contributed by atoms with Gasteiger partial charge in [-0.15, -0.1) is 0 Å². The number of aryl methyl sites for hydroxylation is 1. The third kappa shape index (κ3) is 10.9.